The van der Waals surface area contributed by atoms with Gasteiger partial charge in [-0.05, 0) is 18.6 Å². The van der Waals surface area contributed by atoms with E-state index in [1.165, 1.54) is 0 Å². The van der Waals surface area contributed by atoms with Gasteiger partial charge in [0.25, 0.3) is 5.91 Å². The second-order valence-electron chi connectivity index (χ2n) is 5.50. The minimum absolute atomic E-state index is 0.0532. The Kier molecular flexibility index (Phi) is 6.34. The van der Waals surface area contributed by atoms with E-state index < -0.39 is 0 Å². The molecule has 1 aromatic heterocycles. The summed E-state index contributed by atoms with van der Waals surface area (Å²) in [6.07, 6.45) is 2.53. The van der Waals surface area contributed by atoms with Crippen LogP contribution in [0.15, 0.2) is 18.3 Å². The van der Waals surface area contributed by atoms with Crippen molar-refractivity contribution in [3.63, 3.8) is 0 Å². The Bertz CT molecular complexity index is 542. The molecule has 126 valence electrons. The van der Waals surface area contributed by atoms with Crippen LogP contribution < -0.4 is 5.32 Å². The van der Waals surface area contributed by atoms with Crippen LogP contribution in [0.5, 0.6) is 0 Å². The molecule has 0 atom stereocenters. The molecule has 0 bridgehead atoms. The summed E-state index contributed by atoms with van der Waals surface area (Å²) in [4.78, 5) is 31.5. The van der Waals surface area contributed by atoms with Gasteiger partial charge in [-0.25, -0.2) is 0 Å². The van der Waals surface area contributed by atoms with Crippen molar-refractivity contribution in [2.75, 3.05) is 51.8 Å². The second kappa shape index (κ2) is 8.47. The standard InChI is InChI=1S/C16H24N4O3/c1-13(21)19-7-9-20(10-8-19)16(22)15-12-14(4-6-18-15)17-5-3-11-23-2/h4,6,12H,3,5,7-11H2,1-2H3,(H,17,18). The maximum atomic E-state index is 12.5. The Hall–Kier alpha value is -2.15. The molecular formula is C16H24N4O3. The maximum absolute atomic E-state index is 12.5. The van der Waals surface area contributed by atoms with Crippen molar-refractivity contribution in [2.45, 2.75) is 13.3 Å². The first-order chi connectivity index (χ1) is 11.1. The number of piperazine rings is 1. The van der Waals surface area contributed by atoms with Crippen LogP contribution in [0, 0.1) is 0 Å². The lowest BCUT2D eigenvalue weighted by Gasteiger charge is -2.34. The van der Waals surface area contributed by atoms with Crippen LogP contribution in [0.25, 0.3) is 0 Å². The van der Waals surface area contributed by atoms with E-state index in [-0.39, 0.29) is 11.8 Å². The number of nitrogens with one attached hydrogen (secondary N) is 1. The summed E-state index contributed by atoms with van der Waals surface area (Å²) in [6, 6.07) is 3.61. The molecule has 1 N–H and O–H groups in total. The highest BCUT2D eigenvalue weighted by Gasteiger charge is 2.24. The molecule has 1 fully saturated rings. The lowest BCUT2D eigenvalue weighted by atomic mass is 10.2. The molecular weight excluding hydrogens is 296 g/mol. The predicted molar refractivity (Wildman–Crippen MR) is 87.4 cm³/mol. The highest BCUT2D eigenvalue weighted by Crippen LogP contribution is 2.12. The first-order valence-corrected chi connectivity index (χ1v) is 7.85. The van der Waals surface area contributed by atoms with Gasteiger partial charge in [0.05, 0.1) is 0 Å². The number of anilines is 1. The van der Waals surface area contributed by atoms with Crippen LogP contribution in [-0.2, 0) is 9.53 Å². The second-order valence-corrected chi connectivity index (χ2v) is 5.50. The largest absolute Gasteiger partial charge is 0.385 e. The first kappa shape index (κ1) is 17.2. The van der Waals surface area contributed by atoms with Crippen molar-refractivity contribution in [1.29, 1.82) is 0 Å². The summed E-state index contributed by atoms with van der Waals surface area (Å²) in [5.41, 5.74) is 1.31. The Morgan fingerprint density at radius 1 is 1.26 bits per heavy atom. The van der Waals surface area contributed by atoms with Crippen molar-refractivity contribution in [2.24, 2.45) is 0 Å². The fourth-order valence-corrected chi connectivity index (χ4v) is 2.49. The molecule has 1 aliphatic rings. The molecule has 7 heteroatoms. The van der Waals surface area contributed by atoms with Crippen LogP contribution in [-0.4, -0.2) is 73.0 Å². The van der Waals surface area contributed by atoms with Gasteiger partial charge in [0.2, 0.25) is 5.91 Å². The Labute approximate surface area is 136 Å². The number of rotatable bonds is 6. The summed E-state index contributed by atoms with van der Waals surface area (Å²) >= 11 is 0. The Morgan fingerprint density at radius 3 is 2.61 bits per heavy atom. The Balaban J connectivity index is 1.91. The van der Waals surface area contributed by atoms with E-state index in [9.17, 15) is 9.59 Å². The zero-order valence-electron chi connectivity index (χ0n) is 13.7. The molecule has 0 unspecified atom stereocenters. The smallest absolute Gasteiger partial charge is 0.272 e. The molecule has 1 saturated heterocycles. The quantitative estimate of drug-likeness (QED) is 0.786. The third-order valence-electron chi connectivity index (χ3n) is 3.85. The monoisotopic (exact) mass is 320 g/mol. The normalized spacial score (nSPS) is 14.7. The molecule has 1 aliphatic heterocycles. The number of pyridine rings is 1. The third kappa shape index (κ3) is 4.92. The van der Waals surface area contributed by atoms with Crippen LogP contribution in [0.2, 0.25) is 0 Å². The van der Waals surface area contributed by atoms with Gasteiger partial charge >= 0.3 is 0 Å². The van der Waals surface area contributed by atoms with Gasteiger partial charge in [-0.2, -0.15) is 0 Å². The summed E-state index contributed by atoms with van der Waals surface area (Å²) in [5, 5.41) is 3.26. The van der Waals surface area contributed by atoms with Gasteiger partial charge in [-0.3, -0.25) is 14.6 Å². The van der Waals surface area contributed by atoms with E-state index >= 15 is 0 Å². The Morgan fingerprint density at radius 2 is 1.96 bits per heavy atom. The number of ether oxygens (including phenoxy) is 1. The topological polar surface area (TPSA) is 74.8 Å². The molecule has 0 aliphatic carbocycles. The van der Waals surface area contributed by atoms with Crippen LogP contribution >= 0.6 is 0 Å². The molecule has 23 heavy (non-hydrogen) atoms. The molecule has 7 nitrogen and oxygen atoms in total. The molecule has 0 saturated carbocycles. The van der Waals surface area contributed by atoms with Crippen LogP contribution in [0.3, 0.4) is 0 Å². The maximum Gasteiger partial charge on any atom is 0.272 e. The number of hydrogen-bond acceptors (Lipinski definition) is 5. The molecule has 1 aromatic rings. The number of aromatic nitrogens is 1. The summed E-state index contributed by atoms with van der Waals surface area (Å²) in [7, 11) is 1.68. The van der Waals surface area contributed by atoms with E-state index in [0.29, 0.717) is 38.5 Å². The highest BCUT2D eigenvalue weighted by atomic mass is 16.5. The SMILES string of the molecule is COCCCNc1ccnc(C(=O)N2CCN(C(C)=O)CC2)c1. The van der Waals surface area contributed by atoms with Crippen molar-refractivity contribution in [3.8, 4) is 0 Å². The average molecular weight is 320 g/mol. The van der Waals surface area contributed by atoms with E-state index in [2.05, 4.69) is 10.3 Å². The fraction of sp³-hybridized carbons (Fsp3) is 0.562. The zero-order valence-corrected chi connectivity index (χ0v) is 13.7. The summed E-state index contributed by atoms with van der Waals surface area (Å²) in [6.45, 7) is 5.29. The molecule has 2 rings (SSSR count). The van der Waals surface area contributed by atoms with Gasteiger partial charge < -0.3 is 19.9 Å². The molecule has 0 aromatic carbocycles. The lowest BCUT2D eigenvalue weighted by molar-refractivity contribution is -0.130. The number of carbonyl (C=O) groups excluding carboxylic acids is 2. The van der Waals surface area contributed by atoms with Gasteiger partial charge in [-0.15, -0.1) is 0 Å². The summed E-state index contributed by atoms with van der Waals surface area (Å²) in [5.74, 6) is -0.0359. The van der Waals surface area contributed by atoms with Gasteiger partial charge in [-0.1, -0.05) is 0 Å². The van der Waals surface area contributed by atoms with Gasteiger partial charge in [0.1, 0.15) is 5.69 Å². The van der Waals surface area contributed by atoms with Crippen molar-refractivity contribution < 1.29 is 14.3 Å². The van der Waals surface area contributed by atoms with Crippen molar-refractivity contribution in [3.05, 3.63) is 24.0 Å². The minimum Gasteiger partial charge on any atom is -0.385 e. The first-order valence-electron chi connectivity index (χ1n) is 7.85. The van der Waals surface area contributed by atoms with Crippen LogP contribution in [0.4, 0.5) is 5.69 Å². The molecule has 2 heterocycles. The minimum atomic E-state index is -0.0891. The highest BCUT2D eigenvalue weighted by molar-refractivity contribution is 5.93. The fourth-order valence-electron chi connectivity index (χ4n) is 2.49. The van der Waals surface area contributed by atoms with E-state index in [1.54, 1.807) is 36.1 Å². The predicted octanol–water partition coefficient (Wildman–Crippen LogP) is 0.834. The van der Waals surface area contributed by atoms with Gasteiger partial charge in [0.15, 0.2) is 0 Å². The van der Waals surface area contributed by atoms with Crippen molar-refractivity contribution in [1.82, 2.24) is 14.8 Å². The van der Waals surface area contributed by atoms with E-state index in [4.69, 9.17) is 4.74 Å². The average Bonchev–Trinajstić information content (AvgIpc) is 2.58. The zero-order chi connectivity index (χ0) is 16.7. The number of nitrogens with zero attached hydrogens (tertiary/aromatic N) is 3. The molecule has 0 radical (unpaired) electrons. The third-order valence-corrected chi connectivity index (χ3v) is 3.85. The van der Waals surface area contributed by atoms with Gasteiger partial charge in [0, 0.05) is 65.2 Å². The molecule has 0 spiro atoms. The van der Waals surface area contributed by atoms with Crippen molar-refractivity contribution >= 4 is 17.5 Å². The number of hydrogen-bond donors (Lipinski definition) is 1. The molecule has 2 amide bonds. The lowest BCUT2D eigenvalue weighted by Crippen LogP contribution is -2.50. The number of carbonyl (C=O) groups is 2. The van der Waals surface area contributed by atoms with E-state index in [1.807, 2.05) is 6.07 Å². The number of methoxy groups -OCH3 is 1. The summed E-state index contributed by atoms with van der Waals surface area (Å²) < 4.78 is 5.01. The van der Waals surface area contributed by atoms with Crippen LogP contribution in [0.1, 0.15) is 23.8 Å². The van der Waals surface area contributed by atoms with E-state index in [0.717, 1.165) is 18.7 Å². The number of amides is 2.